The third-order valence-corrected chi connectivity index (χ3v) is 4.63. The summed E-state index contributed by atoms with van der Waals surface area (Å²) < 4.78 is 0. The minimum Gasteiger partial charge on any atom is -0.507 e. The van der Waals surface area contributed by atoms with Gasteiger partial charge in [0, 0.05) is 12.5 Å². The van der Waals surface area contributed by atoms with Gasteiger partial charge in [-0.05, 0) is 37.4 Å². The molecular formula is C19H23N5O. The van der Waals surface area contributed by atoms with Gasteiger partial charge >= 0.3 is 0 Å². The minimum absolute atomic E-state index is 0.132. The molecule has 130 valence electrons. The van der Waals surface area contributed by atoms with Crippen molar-refractivity contribution in [2.75, 3.05) is 18.8 Å². The van der Waals surface area contributed by atoms with Gasteiger partial charge in [0.15, 0.2) is 5.82 Å². The number of anilines is 1. The van der Waals surface area contributed by atoms with Crippen molar-refractivity contribution in [3.63, 3.8) is 0 Å². The van der Waals surface area contributed by atoms with Crippen LogP contribution >= 0.6 is 0 Å². The maximum Gasteiger partial charge on any atom is 0.165 e. The van der Waals surface area contributed by atoms with Crippen LogP contribution in [0.5, 0.6) is 5.75 Å². The van der Waals surface area contributed by atoms with Crippen molar-refractivity contribution in [1.82, 2.24) is 15.3 Å². The average molecular weight is 337 g/mol. The fraction of sp³-hybridized carbons (Fsp3) is 0.421. The molecule has 6 nitrogen and oxygen atoms in total. The predicted octanol–water partition coefficient (Wildman–Crippen LogP) is 2.72. The molecule has 25 heavy (non-hydrogen) atoms. The highest BCUT2D eigenvalue weighted by molar-refractivity contribution is 5.70. The zero-order chi connectivity index (χ0) is 17.8. The number of nitrogen functional groups attached to an aromatic ring is 1. The van der Waals surface area contributed by atoms with Crippen molar-refractivity contribution in [2.45, 2.75) is 38.5 Å². The van der Waals surface area contributed by atoms with Crippen molar-refractivity contribution in [1.29, 1.82) is 5.26 Å². The van der Waals surface area contributed by atoms with Gasteiger partial charge in [0.2, 0.25) is 0 Å². The number of aryl methyl sites for hydroxylation is 1. The molecule has 4 N–H and O–H groups in total. The van der Waals surface area contributed by atoms with Crippen molar-refractivity contribution in [3.8, 4) is 23.2 Å². The number of hydrogen-bond acceptors (Lipinski definition) is 6. The third-order valence-electron chi connectivity index (χ3n) is 4.63. The van der Waals surface area contributed by atoms with Crippen LogP contribution in [0.15, 0.2) is 18.2 Å². The third kappa shape index (κ3) is 3.42. The molecule has 1 aromatic carbocycles. The number of rotatable bonds is 4. The van der Waals surface area contributed by atoms with E-state index in [1.54, 1.807) is 6.07 Å². The topological polar surface area (TPSA) is 108 Å². The number of phenolic OH excluding ortho intramolecular Hbond substituents is 1. The Bertz CT molecular complexity index is 806. The summed E-state index contributed by atoms with van der Waals surface area (Å²) in [6.07, 6.45) is 3.75. The molecule has 0 spiro atoms. The normalized spacial score (nSPS) is 17.2. The fourth-order valence-electron chi connectivity index (χ4n) is 3.43. The Labute approximate surface area is 147 Å². The van der Waals surface area contributed by atoms with Gasteiger partial charge in [-0.15, -0.1) is 0 Å². The Balaban J connectivity index is 2.16. The Morgan fingerprint density at radius 2 is 2.24 bits per heavy atom. The molecule has 1 fully saturated rings. The van der Waals surface area contributed by atoms with Crippen LogP contribution in [-0.4, -0.2) is 28.2 Å². The standard InChI is InChI=1S/C19H23N5O/c1-2-5-12-6-3-8-15(25)16(12)19-23-17(13-7-4-9-22-11-13)14(10-20)18(21)24-19/h3,6,8,13,22,25H,2,4-5,7,9,11H2,1H3,(H2,21,23,24). The largest absolute Gasteiger partial charge is 0.507 e. The van der Waals surface area contributed by atoms with E-state index in [1.165, 1.54) is 0 Å². The van der Waals surface area contributed by atoms with Crippen LogP contribution in [0.25, 0.3) is 11.4 Å². The summed E-state index contributed by atoms with van der Waals surface area (Å²) in [5, 5.41) is 23.2. The second-order valence-electron chi connectivity index (χ2n) is 6.41. The first-order valence-electron chi connectivity index (χ1n) is 8.75. The van der Waals surface area contributed by atoms with E-state index in [0.717, 1.165) is 44.3 Å². The quantitative estimate of drug-likeness (QED) is 0.791. The molecule has 1 atom stereocenters. The van der Waals surface area contributed by atoms with Crippen molar-refractivity contribution < 1.29 is 5.11 Å². The van der Waals surface area contributed by atoms with E-state index in [9.17, 15) is 10.4 Å². The summed E-state index contributed by atoms with van der Waals surface area (Å²) in [7, 11) is 0. The molecule has 3 rings (SSSR count). The first-order chi connectivity index (χ1) is 12.2. The summed E-state index contributed by atoms with van der Waals surface area (Å²) in [4.78, 5) is 9.03. The van der Waals surface area contributed by atoms with Crippen LogP contribution in [0, 0.1) is 11.3 Å². The van der Waals surface area contributed by atoms with Crippen LogP contribution in [0.1, 0.15) is 48.9 Å². The van der Waals surface area contributed by atoms with E-state index in [0.29, 0.717) is 22.6 Å². The molecule has 2 heterocycles. The number of piperidine rings is 1. The Morgan fingerprint density at radius 3 is 2.92 bits per heavy atom. The van der Waals surface area contributed by atoms with Crippen molar-refractivity contribution >= 4 is 5.82 Å². The lowest BCUT2D eigenvalue weighted by Crippen LogP contribution is -2.29. The van der Waals surface area contributed by atoms with Crippen molar-refractivity contribution in [3.05, 3.63) is 35.0 Å². The van der Waals surface area contributed by atoms with E-state index in [2.05, 4.69) is 28.3 Å². The van der Waals surface area contributed by atoms with Gasteiger partial charge in [0.1, 0.15) is 23.2 Å². The molecule has 1 unspecified atom stereocenters. The number of aromatic nitrogens is 2. The first-order valence-corrected chi connectivity index (χ1v) is 8.75. The smallest absolute Gasteiger partial charge is 0.165 e. The van der Waals surface area contributed by atoms with Gasteiger partial charge in [-0.2, -0.15) is 5.26 Å². The molecule has 0 radical (unpaired) electrons. The second-order valence-corrected chi connectivity index (χ2v) is 6.41. The number of nitrogens with zero attached hydrogens (tertiary/aromatic N) is 3. The number of aromatic hydroxyl groups is 1. The van der Waals surface area contributed by atoms with E-state index in [-0.39, 0.29) is 17.5 Å². The average Bonchev–Trinajstić information content (AvgIpc) is 2.62. The number of benzene rings is 1. The molecule has 1 aromatic heterocycles. The molecule has 1 aliphatic rings. The molecule has 1 aliphatic heterocycles. The monoisotopic (exact) mass is 337 g/mol. The molecule has 0 saturated carbocycles. The number of nitrogens with one attached hydrogen (secondary N) is 1. The molecule has 0 aliphatic carbocycles. The van der Waals surface area contributed by atoms with Gasteiger partial charge < -0.3 is 16.2 Å². The first kappa shape index (κ1) is 17.2. The lowest BCUT2D eigenvalue weighted by atomic mass is 9.92. The van der Waals surface area contributed by atoms with Gasteiger partial charge in [0.25, 0.3) is 0 Å². The van der Waals surface area contributed by atoms with Gasteiger partial charge in [-0.1, -0.05) is 25.5 Å². The molecule has 1 saturated heterocycles. The highest BCUT2D eigenvalue weighted by Gasteiger charge is 2.24. The molecular weight excluding hydrogens is 314 g/mol. The van der Waals surface area contributed by atoms with E-state index in [4.69, 9.17) is 5.73 Å². The number of nitriles is 1. The van der Waals surface area contributed by atoms with Gasteiger partial charge in [-0.3, -0.25) is 0 Å². The van der Waals surface area contributed by atoms with Crippen molar-refractivity contribution in [2.24, 2.45) is 0 Å². The summed E-state index contributed by atoms with van der Waals surface area (Å²) in [5.41, 5.74) is 8.71. The van der Waals surface area contributed by atoms with Crippen LogP contribution in [-0.2, 0) is 6.42 Å². The molecule has 2 aromatic rings. The number of hydrogen-bond donors (Lipinski definition) is 3. The molecule has 6 heteroatoms. The van der Waals surface area contributed by atoms with E-state index < -0.39 is 0 Å². The lowest BCUT2D eigenvalue weighted by Gasteiger charge is -2.24. The van der Waals surface area contributed by atoms with Crippen LogP contribution in [0.2, 0.25) is 0 Å². The SMILES string of the molecule is CCCc1cccc(O)c1-c1nc(N)c(C#N)c(C2CCCNC2)n1. The molecule has 0 bridgehead atoms. The van der Waals surface area contributed by atoms with Crippen LogP contribution in [0.4, 0.5) is 5.82 Å². The van der Waals surface area contributed by atoms with Crippen LogP contribution < -0.4 is 11.1 Å². The minimum atomic E-state index is 0.132. The molecule has 0 amide bonds. The second kappa shape index (κ2) is 7.49. The number of nitrogens with two attached hydrogens (primary N) is 1. The zero-order valence-corrected chi connectivity index (χ0v) is 14.4. The fourth-order valence-corrected chi connectivity index (χ4v) is 3.43. The predicted molar refractivity (Wildman–Crippen MR) is 97.1 cm³/mol. The van der Waals surface area contributed by atoms with Gasteiger partial charge in [0.05, 0.1) is 11.3 Å². The summed E-state index contributed by atoms with van der Waals surface area (Å²) in [5.74, 6) is 0.855. The maximum absolute atomic E-state index is 10.4. The number of phenols is 1. The van der Waals surface area contributed by atoms with E-state index >= 15 is 0 Å². The summed E-state index contributed by atoms with van der Waals surface area (Å²) in [6, 6.07) is 7.58. The van der Waals surface area contributed by atoms with E-state index in [1.807, 2.05) is 12.1 Å². The lowest BCUT2D eigenvalue weighted by molar-refractivity contribution is 0.453. The summed E-state index contributed by atoms with van der Waals surface area (Å²) in [6.45, 7) is 3.83. The highest BCUT2D eigenvalue weighted by Crippen LogP contribution is 2.34. The maximum atomic E-state index is 10.4. The Kier molecular flexibility index (Phi) is 5.15. The zero-order valence-electron chi connectivity index (χ0n) is 14.4. The Morgan fingerprint density at radius 1 is 1.40 bits per heavy atom. The highest BCUT2D eigenvalue weighted by atomic mass is 16.3. The van der Waals surface area contributed by atoms with Crippen LogP contribution in [0.3, 0.4) is 0 Å². The van der Waals surface area contributed by atoms with Gasteiger partial charge in [-0.25, -0.2) is 9.97 Å². The summed E-state index contributed by atoms with van der Waals surface area (Å²) >= 11 is 0. The Hall–Kier alpha value is -2.65.